The zero-order chi connectivity index (χ0) is 16.8. The van der Waals surface area contributed by atoms with Gasteiger partial charge in [0.25, 0.3) is 11.8 Å². The van der Waals surface area contributed by atoms with Crippen LogP contribution in [0.3, 0.4) is 0 Å². The molecule has 0 spiro atoms. The molecule has 1 aliphatic rings. The number of amides is 2. The molecule has 0 saturated heterocycles. The molecule has 1 heterocycles. The second-order valence-electron chi connectivity index (χ2n) is 5.30. The van der Waals surface area contributed by atoms with Crippen molar-refractivity contribution >= 4 is 34.1 Å². The molecule has 1 aliphatic carbocycles. The molecule has 1 aromatic rings. The summed E-state index contributed by atoms with van der Waals surface area (Å²) in [5, 5.41) is 14.6. The highest BCUT2D eigenvalue weighted by molar-refractivity contribution is 7.17. The number of ether oxygens (including phenoxy) is 1. The number of carboxylic acids is 1. The van der Waals surface area contributed by atoms with Gasteiger partial charge in [0, 0.05) is 25.0 Å². The zero-order valence-electron chi connectivity index (χ0n) is 12.9. The number of methoxy groups -OCH3 is 1. The highest BCUT2D eigenvalue weighted by atomic mass is 32.1. The lowest BCUT2D eigenvalue weighted by molar-refractivity contribution is -0.137. The minimum Gasteiger partial charge on any atom is -0.481 e. The molecule has 0 bridgehead atoms. The number of carboxylic acid groups (broad SMARTS) is 1. The van der Waals surface area contributed by atoms with E-state index < -0.39 is 5.97 Å². The van der Waals surface area contributed by atoms with Crippen LogP contribution in [0.15, 0.2) is 0 Å². The SMILES string of the molecule is COCC(=O)Nc1sc2c(c1C(=O)NCCCC(=O)O)CCC2. The third kappa shape index (κ3) is 4.52. The summed E-state index contributed by atoms with van der Waals surface area (Å²) < 4.78 is 4.79. The lowest BCUT2D eigenvalue weighted by Crippen LogP contribution is -2.27. The number of aliphatic carboxylic acids is 1. The Morgan fingerprint density at radius 2 is 2.09 bits per heavy atom. The van der Waals surface area contributed by atoms with Crippen molar-refractivity contribution in [1.82, 2.24) is 5.32 Å². The van der Waals surface area contributed by atoms with Gasteiger partial charge in [-0.15, -0.1) is 11.3 Å². The molecule has 0 aliphatic heterocycles. The van der Waals surface area contributed by atoms with E-state index in [4.69, 9.17) is 9.84 Å². The van der Waals surface area contributed by atoms with Gasteiger partial charge in [-0.1, -0.05) is 0 Å². The van der Waals surface area contributed by atoms with Crippen molar-refractivity contribution in [3.05, 3.63) is 16.0 Å². The van der Waals surface area contributed by atoms with Crippen LogP contribution in [0.25, 0.3) is 0 Å². The van der Waals surface area contributed by atoms with Gasteiger partial charge in [-0.05, 0) is 31.2 Å². The molecule has 2 amide bonds. The minimum atomic E-state index is -0.886. The zero-order valence-corrected chi connectivity index (χ0v) is 13.8. The van der Waals surface area contributed by atoms with Gasteiger partial charge in [0.05, 0.1) is 5.56 Å². The van der Waals surface area contributed by atoms with Gasteiger partial charge >= 0.3 is 5.97 Å². The highest BCUT2D eigenvalue weighted by Crippen LogP contribution is 2.39. The number of carbonyl (C=O) groups is 3. The molecule has 23 heavy (non-hydrogen) atoms. The molecule has 1 aromatic heterocycles. The Morgan fingerprint density at radius 1 is 1.30 bits per heavy atom. The molecule has 7 nitrogen and oxygen atoms in total. The second kappa shape index (κ2) is 8.07. The van der Waals surface area contributed by atoms with E-state index in [0.29, 0.717) is 23.5 Å². The molecular weight excluding hydrogens is 320 g/mol. The van der Waals surface area contributed by atoms with Crippen LogP contribution in [-0.2, 0) is 27.2 Å². The van der Waals surface area contributed by atoms with Crippen molar-refractivity contribution in [3.8, 4) is 0 Å². The van der Waals surface area contributed by atoms with Crippen molar-refractivity contribution in [1.29, 1.82) is 0 Å². The normalized spacial score (nSPS) is 12.7. The molecule has 0 unspecified atom stereocenters. The summed E-state index contributed by atoms with van der Waals surface area (Å²) in [4.78, 5) is 35.8. The van der Waals surface area contributed by atoms with Crippen LogP contribution in [0.4, 0.5) is 5.00 Å². The summed E-state index contributed by atoms with van der Waals surface area (Å²) in [5.41, 5.74) is 1.51. The van der Waals surface area contributed by atoms with Crippen LogP contribution in [0.1, 0.15) is 40.1 Å². The quantitative estimate of drug-likeness (QED) is 0.621. The van der Waals surface area contributed by atoms with Crippen molar-refractivity contribution in [3.63, 3.8) is 0 Å². The Hall–Kier alpha value is -1.93. The maximum Gasteiger partial charge on any atom is 0.303 e. The van der Waals surface area contributed by atoms with Gasteiger partial charge in [-0.2, -0.15) is 0 Å². The van der Waals surface area contributed by atoms with E-state index in [-0.39, 0.29) is 24.8 Å². The minimum absolute atomic E-state index is 0.0133. The molecule has 0 fully saturated rings. The third-order valence-electron chi connectivity index (χ3n) is 3.53. The summed E-state index contributed by atoms with van der Waals surface area (Å²) >= 11 is 1.43. The van der Waals surface area contributed by atoms with Crippen LogP contribution in [0.2, 0.25) is 0 Å². The Morgan fingerprint density at radius 3 is 2.78 bits per heavy atom. The van der Waals surface area contributed by atoms with Crippen LogP contribution < -0.4 is 10.6 Å². The lowest BCUT2D eigenvalue weighted by Gasteiger charge is -2.09. The van der Waals surface area contributed by atoms with Gasteiger partial charge in [-0.25, -0.2) is 0 Å². The molecule has 0 aromatic carbocycles. The van der Waals surface area contributed by atoms with E-state index in [9.17, 15) is 14.4 Å². The van der Waals surface area contributed by atoms with Crippen LogP contribution in [-0.4, -0.2) is 43.2 Å². The first-order valence-corrected chi connectivity index (χ1v) is 8.28. The topological polar surface area (TPSA) is 105 Å². The molecule has 2 rings (SSSR count). The fourth-order valence-corrected chi connectivity index (χ4v) is 3.86. The summed E-state index contributed by atoms with van der Waals surface area (Å²) in [7, 11) is 1.43. The summed E-state index contributed by atoms with van der Waals surface area (Å²) in [6, 6.07) is 0. The monoisotopic (exact) mass is 340 g/mol. The Kier molecular flexibility index (Phi) is 6.12. The number of aryl methyl sites for hydroxylation is 1. The molecule has 0 radical (unpaired) electrons. The van der Waals surface area contributed by atoms with Crippen molar-refractivity contribution in [2.75, 3.05) is 25.6 Å². The summed E-state index contributed by atoms with van der Waals surface area (Å²) in [6.45, 7) is 0.226. The van der Waals surface area contributed by atoms with Gasteiger partial charge in [0.15, 0.2) is 0 Å². The van der Waals surface area contributed by atoms with E-state index in [0.717, 1.165) is 29.7 Å². The van der Waals surface area contributed by atoms with E-state index in [2.05, 4.69) is 10.6 Å². The van der Waals surface area contributed by atoms with Gasteiger partial charge in [0.1, 0.15) is 11.6 Å². The molecular formula is C15H20N2O5S. The van der Waals surface area contributed by atoms with E-state index in [1.54, 1.807) is 0 Å². The number of nitrogens with one attached hydrogen (secondary N) is 2. The number of carbonyl (C=O) groups excluding carboxylic acids is 2. The standard InChI is InChI=1S/C15H20N2O5S/c1-22-8-11(18)17-15-13(9-4-2-5-10(9)23-15)14(21)16-7-3-6-12(19)20/h2-8H2,1H3,(H,16,21)(H,17,18)(H,19,20). The smallest absolute Gasteiger partial charge is 0.303 e. The molecule has 126 valence electrons. The average Bonchev–Trinajstić information content (AvgIpc) is 3.03. The number of hydrogen-bond acceptors (Lipinski definition) is 5. The van der Waals surface area contributed by atoms with E-state index in [1.807, 2.05) is 0 Å². The maximum absolute atomic E-state index is 12.4. The van der Waals surface area contributed by atoms with Gasteiger partial charge in [-0.3, -0.25) is 14.4 Å². The summed E-state index contributed by atoms with van der Waals surface area (Å²) in [6.07, 6.45) is 3.13. The van der Waals surface area contributed by atoms with Crippen LogP contribution in [0.5, 0.6) is 0 Å². The predicted molar refractivity (Wildman–Crippen MR) is 86.1 cm³/mol. The van der Waals surface area contributed by atoms with Crippen LogP contribution in [0, 0.1) is 0 Å². The average molecular weight is 340 g/mol. The molecule has 0 saturated carbocycles. The van der Waals surface area contributed by atoms with Gasteiger partial charge < -0.3 is 20.5 Å². The van der Waals surface area contributed by atoms with E-state index >= 15 is 0 Å². The molecule has 3 N–H and O–H groups in total. The second-order valence-corrected chi connectivity index (χ2v) is 6.40. The lowest BCUT2D eigenvalue weighted by atomic mass is 10.1. The summed E-state index contributed by atoms with van der Waals surface area (Å²) in [5.74, 6) is -1.45. The number of anilines is 1. The number of thiophene rings is 1. The highest BCUT2D eigenvalue weighted by Gasteiger charge is 2.27. The Bertz CT molecular complexity index is 611. The Balaban J connectivity index is 2.07. The number of rotatable bonds is 8. The fourth-order valence-electron chi connectivity index (χ4n) is 2.56. The number of fused-ring (bicyclic) bond motifs is 1. The largest absolute Gasteiger partial charge is 0.481 e. The molecule has 8 heteroatoms. The Labute approximate surface area is 138 Å². The first-order chi connectivity index (χ1) is 11.0. The first-order valence-electron chi connectivity index (χ1n) is 7.46. The van der Waals surface area contributed by atoms with Crippen LogP contribution >= 0.6 is 11.3 Å². The molecule has 0 atom stereocenters. The predicted octanol–water partition coefficient (Wildman–Crippen LogP) is 1.42. The van der Waals surface area contributed by atoms with Crippen molar-refractivity contribution < 1.29 is 24.2 Å². The maximum atomic E-state index is 12.4. The first kappa shape index (κ1) is 17.4. The fraction of sp³-hybridized carbons (Fsp3) is 0.533. The van der Waals surface area contributed by atoms with Gasteiger partial charge in [0.2, 0.25) is 0 Å². The van der Waals surface area contributed by atoms with Crippen molar-refractivity contribution in [2.24, 2.45) is 0 Å². The van der Waals surface area contributed by atoms with Crippen molar-refractivity contribution in [2.45, 2.75) is 32.1 Å². The third-order valence-corrected chi connectivity index (χ3v) is 4.74. The number of hydrogen-bond donors (Lipinski definition) is 3. The van der Waals surface area contributed by atoms with E-state index in [1.165, 1.54) is 18.4 Å².